The first kappa shape index (κ1) is 24.9. The molecular formula is C31H30FN5O3. The van der Waals surface area contributed by atoms with Gasteiger partial charge in [-0.05, 0) is 68.9 Å². The van der Waals surface area contributed by atoms with Gasteiger partial charge < -0.3 is 9.64 Å². The van der Waals surface area contributed by atoms with E-state index in [0.29, 0.717) is 48.2 Å². The van der Waals surface area contributed by atoms with Crippen molar-refractivity contribution in [1.29, 1.82) is 0 Å². The van der Waals surface area contributed by atoms with Crippen LogP contribution in [0.25, 0.3) is 16.9 Å². The molecule has 204 valence electrons. The molecule has 3 aliphatic rings. The molecule has 4 aromatic rings. The Kier molecular flexibility index (Phi) is 5.91. The summed E-state index contributed by atoms with van der Waals surface area (Å²) < 4.78 is 22.1. The number of aromatic nitrogens is 4. The molecule has 9 heteroatoms. The van der Waals surface area contributed by atoms with Crippen LogP contribution < -0.4 is 0 Å². The maximum absolute atomic E-state index is 15.3. The predicted molar refractivity (Wildman–Crippen MR) is 145 cm³/mol. The van der Waals surface area contributed by atoms with Crippen molar-refractivity contribution in [3.8, 4) is 11.3 Å². The van der Waals surface area contributed by atoms with Gasteiger partial charge in [-0.1, -0.05) is 24.3 Å². The first-order valence-electron chi connectivity index (χ1n) is 14.1. The second kappa shape index (κ2) is 9.50. The average molecular weight is 540 g/mol. The lowest BCUT2D eigenvalue weighted by molar-refractivity contribution is -0.144. The highest BCUT2D eigenvalue weighted by Gasteiger charge is 2.46. The molecule has 2 saturated carbocycles. The summed E-state index contributed by atoms with van der Waals surface area (Å²) >= 11 is 0. The van der Waals surface area contributed by atoms with Crippen LogP contribution in [0.3, 0.4) is 0 Å². The number of rotatable bonds is 6. The Hall–Kier alpha value is -4.14. The fourth-order valence-electron chi connectivity index (χ4n) is 5.98. The molecule has 0 bridgehead atoms. The largest absolute Gasteiger partial charge is 0.466 e. The van der Waals surface area contributed by atoms with Gasteiger partial charge in [0.05, 0.1) is 29.8 Å². The molecule has 7 rings (SSSR count). The summed E-state index contributed by atoms with van der Waals surface area (Å²) in [6.45, 7) is 4.79. The summed E-state index contributed by atoms with van der Waals surface area (Å²) in [7, 11) is 0. The van der Waals surface area contributed by atoms with Gasteiger partial charge >= 0.3 is 5.97 Å². The van der Waals surface area contributed by atoms with E-state index in [2.05, 4.69) is 24.0 Å². The zero-order valence-corrected chi connectivity index (χ0v) is 22.5. The molecular weight excluding hydrogens is 509 g/mol. The van der Waals surface area contributed by atoms with E-state index < -0.39 is 5.95 Å². The van der Waals surface area contributed by atoms with Gasteiger partial charge in [0.25, 0.3) is 5.91 Å². The van der Waals surface area contributed by atoms with Crippen LogP contribution in [0.1, 0.15) is 84.0 Å². The van der Waals surface area contributed by atoms with Gasteiger partial charge in [-0.15, -0.1) is 0 Å². The highest BCUT2D eigenvalue weighted by atomic mass is 19.1. The van der Waals surface area contributed by atoms with Gasteiger partial charge in [0.2, 0.25) is 5.95 Å². The average Bonchev–Trinajstić information content (AvgIpc) is 3.89. The van der Waals surface area contributed by atoms with Crippen molar-refractivity contribution in [3.05, 3.63) is 82.7 Å². The number of benzene rings is 1. The number of esters is 1. The Balaban J connectivity index is 1.20. The van der Waals surface area contributed by atoms with Crippen molar-refractivity contribution in [2.24, 2.45) is 5.92 Å². The molecule has 3 atom stereocenters. The lowest BCUT2D eigenvalue weighted by Gasteiger charge is -2.35. The Morgan fingerprint density at radius 2 is 1.93 bits per heavy atom. The molecule has 2 fully saturated rings. The van der Waals surface area contributed by atoms with Gasteiger partial charge in [-0.3, -0.25) is 9.59 Å². The molecule has 3 aromatic heterocycles. The van der Waals surface area contributed by atoms with Crippen LogP contribution in [0, 0.1) is 11.9 Å². The molecule has 1 aromatic carbocycles. The van der Waals surface area contributed by atoms with Gasteiger partial charge in [0.15, 0.2) is 5.65 Å². The summed E-state index contributed by atoms with van der Waals surface area (Å²) in [5.74, 6) is -1.09. The summed E-state index contributed by atoms with van der Waals surface area (Å²) in [6.07, 6.45) is 3.46. The third-order valence-corrected chi connectivity index (χ3v) is 8.43. The lowest BCUT2D eigenvalue weighted by Crippen LogP contribution is -2.39. The second-order valence-corrected chi connectivity index (χ2v) is 11.0. The minimum atomic E-state index is -0.638. The molecule has 4 heterocycles. The maximum Gasteiger partial charge on any atom is 0.309 e. The van der Waals surface area contributed by atoms with Crippen molar-refractivity contribution < 1.29 is 18.7 Å². The zero-order chi connectivity index (χ0) is 27.5. The highest BCUT2D eigenvalue weighted by Crippen LogP contribution is 2.48. The van der Waals surface area contributed by atoms with Crippen LogP contribution in [0.5, 0.6) is 0 Å². The van der Waals surface area contributed by atoms with Gasteiger partial charge in [-0.25, -0.2) is 14.5 Å². The molecule has 1 unspecified atom stereocenters. The molecule has 0 N–H and O–H groups in total. The standard InChI is InChI=1S/C31H30FN5O3/c1-3-40-31(39)23-14-22(23)24-11-10-21(29(32)34-24)25-16-28-33-26(15-27(19-8-9-19)37(28)35-25)30(38)36-13-12-18-6-4-5-7-20(18)17(36)2/h4-7,10-11,15-17,19,22-23H,3,8-9,12-14H2,1-2H3/t17-,22?,23-/m1/s1. The minimum Gasteiger partial charge on any atom is -0.466 e. The monoisotopic (exact) mass is 539 g/mol. The van der Waals surface area contributed by atoms with Crippen molar-refractivity contribution in [2.75, 3.05) is 13.2 Å². The van der Waals surface area contributed by atoms with E-state index in [1.54, 1.807) is 29.6 Å². The van der Waals surface area contributed by atoms with E-state index >= 15 is 4.39 Å². The van der Waals surface area contributed by atoms with Crippen LogP contribution in [0.15, 0.2) is 48.5 Å². The molecule has 0 spiro atoms. The van der Waals surface area contributed by atoms with E-state index in [0.717, 1.165) is 25.0 Å². The van der Waals surface area contributed by atoms with Crippen LogP contribution in [0.4, 0.5) is 4.39 Å². The molecule has 40 heavy (non-hydrogen) atoms. The third-order valence-electron chi connectivity index (χ3n) is 8.43. The first-order valence-corrected chi connectivity index (χ1v) is 14.1. The van der Waals surface area contributed by atoms with Crippen molar-refractivity contribution in [1.82, 2.24) is 24.5 Å². The SMILES string of the molecule is CCOC(=O)[C@@H]1CC1c1ccc(-c2cc3nc(C(=O)N4CCc5ccccc5[C@H]4C)cc(C4CC4)n3n2)c(F)n1. The Morgan fingerprint density at radius 1 is 1.10 bits per heavy atom. The quantitative estimate of drug-likeness (QED) is 0.246. The number of fused-ring (bicyclic) bond motifs is 2. The first-order chi connectivity index (χ1) is 19.4. The minimum absolute atomic E-state index is 0.0473. The Bertz CT molecular complexity index is 1660. The number of pyridine rings is 1. The number of hydrogen-bond acceptors (Lipinski definition) is 6. The number of halogens is 1. The summed E-state index contributed by atoms with van der Waals surface area (Å²) in [6, 6.07) is 15.2. The number of carbonyl (C=O) groups excluding carboxylic acids is 2. The third kappa shape index (κ3) is 4.24. The molecule has 8 nitrogen and oxygen atoms in total. The summed E-state index contributed by atoms with van der Waals surface area (Å²) in [5.41, 5.74) is 5.49. The number of ether oxygens (including phenoxy) is 1. The second-order valence-electron chi connectivity index (χ2n) is 11.0. The number of amides is 1. The number of nitrogens with zero attached hydrogens (tertiary/aromatic N) is 5. The van der Waals surface area contributed by atoms with Gasteiger partial charge in [0.1, 0.15) is 5.69 Å². The predicted octanol–water partition coefficient (Wildman–Crippen LogP) is 5.23. The fourth-order valence-corrected chi connectivity index (χ4v) is 5.98. The van der Waals surface area contributed by atoms with E-state index in [1.165, 1.54) is 11.1 Å². The Morgan fingerprint density at radius 3 is 2.70 bits per heavy atom. The maximum atomic E-state index is 15.3. The van der Waals surface area contributed by atoms with Crippen molar-refractivity contribution >= 4 is 17.5 Å². The highest BCUT2D eigenvalue weighted by molar-refractivity contribution is 5.93. The van der Waals surface area contributed by atoms with Crippen molar-refractivity contribution in [2.45, 2.75) is 57.4 Å². The molecule has 0 radical (unpaired) electrons. The molecule has 0 saturated heterocycles. The summed E-state index contributed by atoms with van der Waals surface area (Å²) in [4.78, 5) is 36.5. The molecule has 1 aliphatic heterocycles. The zero-order valence-electron chi connectivity index (χ0n) is 22.5. The molecule has 2 aliphatic carbocycles. The lowest BCUT2D eigenvalue weighted by atomic mass is 9.93. The van der Waals surface area contributed by atoms with E-state index in [1.807, 2.05) is 23.1 Å². The number of carbonyl (C=O) groups is 2. The van der Waals surface area contributed by atoms with Gasteiger partial charge in [-0.2, -0.15) is 9.49 Å². The van der Waals surface area contributed by atoms with Crippen LogP contribution >= 0.6 is 0 Å². The smallest absolute Gasteiger partial charge is 0.309 e. The fraction of sp³-hybridized carbons (Fsp3) is 0.387. The normalized spacial score (nSPS) is 21.8. The topological polar surface area (TPSA) is 89.7 Å². The van der Waals surface area contributed by atoms with Crippen LogP contribution in [-0.4, -0.2) is 49.5 Å². The van der Waals surface area contributed by atoms with Crippen LogP contribution in [-0.2, 0) is 16.0 Å². The van der Waals surface area contributed by atoms with Gasteiger partial charge in [0, 0.05) is 35.8 Å². The summed E-state index contributed by atoms with van der Waals surface area (Å²) in [5, 5.41) is 4.70. The van der Waals surface area contributed by atoms with E-state index in [-0.39, 0.29) is 35.3 Å². The van der Waals surface area contributed by atoms with E-state index in [9.17, 15) is 9.59 Å². The Labute approximate surface area is 231 Å². The molecule has 1 amide bonds. The number of hydrogen-bond donors (Lipinski definition) is 0. The van der Waals surface area contributed by atoms with Crippen molar-refractivity contribution in [3.63, 3.8) is 0 Å². The van der Waals surface area contributed by atoms with Crippen LogP contribution in [0.2, 0.25) is 0 Å². The van der Waals surface area contributed by atoms with E-state index in [4.69, 9.17) is 14.8 Å².